The van der Waals surface area contributed by atoms with E-state index in [1.54, 1.807) is 23.1 Å². The van der Waals surface area contributed by atoms with Crippen molar-refractivity contribution in [1.29, 1.82) is 0 Å². The molecule has 0 fully saturated rings. The molecule has 0 saturated carbocycles. The van der Waals surface area contributed by atoms with Crippen LogP contribution in [0.3, 0.4) is 0 Å². The van der Waals surface area contributed by atoms with Crippen LogP contribution >= 0.6 is 12.4 Å². The van der Waals surface area contributed by atoms with E-state index < -0.39 is 12.1 Å². The minimum Gasteiger partial charge on any atom is -0.394 e. The van der Waals surface area contributed by atoms with Crippen LogP contribution in [-0.4, -0.2) is 38.7 Å². The predicted molar refractivity (Wildman–Crippen MR) is 50.5 cm³/mol. The van der Waals surface area contributed by atoms with Gasteiger partial charge in [-0.2, -0.15) is 5.10 Å². The van der Waals surface area contributed by atoms with Gasteiger partial charge in [0.25, 0.3) is 0 Å². The Bertz CT molecular complexity index is 218. The van der Waals surface area contributed by atoms with Gasteiger partial charge in [0.1, 0.15) is 0 Å². The number of aliphatic hydroxyl groups is 2. The second-order valence-electron chi connectivity index (χ2n) is 2.64. The van der Waals surface area contributed by atoms with Crippen molar-refractivity contribution in [3.05, 3.63) is 18.5 Å². The topological polar surface area (TPSA) is 84.3 Å². The van der Waals surface area contributed by atoms with Gasteiger partial charge in [-0.1, -0.05) is 0 Å². The zero-order chi connectivity index (χ0) is 8.97. The average Bonchev–Trinajstić information content (AvgIpc) is 2.55. The van der Waals surface area contributed by atoms with Crippen LogP contribution in [0.15, 0.2) is 18.5 Å². The molecule has 0 aliphatic carbocycles. The van der Waals surface area contributed by atoms with E-state index in [4.69, 9.17) is 15.9 Å². The Morgan fingerprint density at radius 3 is 2.69 bits per heavy atom. The Kier molecular flexibility index (Phi) is 5.65. The molecule has 0 aliphatic heterocycles. The maximum absolute atomic E-state index is 9.11. The van der Waals surface area contributed by atoms with Crippen LogP contribution in [0.5, 0.6) is 0 Å². The lowest BCUT2D eigenvalue weighted by Crippen LogP contribution is -2.40. The Balaban J connectivity index is 0.00000144. The number of nitrogens with two attached hydrogens (primary N) is 1. The standard InChI is InChI=1S/C7H13N3O2.ClH/c8-6(7(12)5-11)4-10-3-1-2-9-10;/h1-3,6-7,11-12H,4-5,8H2;1H. The normalized spacial score (nSPS) is 14.7. The third-order valence-electron chi connectivity index (χ3n) is 1.64. The van der Waals surface area contributed by atoms with Crippen LogP contribution in [-0.2, 0) is 6.54 Å². The van der Waals surface area contributed by atoms with Crippen molar-refractivity contribution in [1.82, 2.24) is 9.78 Å². The van der Waals surface area contributed by atoms with Crippen molar-refractivity contribution < 1.29 is 10.2 Å². The van der Waals surface area contributed by atoms with E-state index in [9.17, 15) is 0 Å². The first kappa shape index (κ1) is 12.4. The minimum absolute atomic E-state index is 0. The fourth-order valence-electron chi connectivity index (χ4n) is 0.882. The van der Waals surface area contributed by atoms with Crippen LogP contribution in [0, 0.1) is 0 Å². The quantitative estimate of drug-likeness (QED) is 0.591. The van der Waals surface area contributed by atoms with Crippen LogP contribution in [0.2, 0.25) is 0 Å². The first-order valence-electron chi connectivity index (χ1n) is 3.76. The molecule has 0 aromatic carbocycles. The largest absolute Gasteiger partial charge is 0.394 e. The molecule has 6 heteroatoms. The molecule has 4 N–H and O–H groups in total. The highest BCUT2D eigenvalue weighted by atomic mass is 35.5. The van der Waals surface area contributed by atoms with E-state index in [0.29, 0.717) is 6.54 Å². The monoisotopic (exact) mass is 207 g/mol. The molecular weight excluding hydrogens is 194 g/mol. The molecule has 5 nitrogen and oxygen atoms in total. The van der Waals surface area contributed by atoms with Gasteiger partial charge in [0.15, 0.2) is 0 Å². The highest BCUT2D eigenvalue weighted by molar-refractivity contribution is 5.85. The molecule has 0 amide bonds. The highest BCUT2D eigenvalue weighted by Gasteiger charge is 2.13. The predicted octanol–water partition coefficient (Wildman–Crippen LogP) is -1.01. The summed E-state index contributed by atoms with van der Waals surface area (Å²) in [7, 11) is 0. The van der Waals surface area contributed by atoms with Crippen molar-refractivity contribution in [2.75, 3.05) is 6.61 Å². The van der Waals surface area contributed by atoms with Crippen molar-refractivity contribution >= 4 is 12.4 Å². The number of hydrogen-bond acceptors (Lipinski definition) is 4. The Labute approximate surface area is 82.6 Å². The Morgan fingerprint density at radius 1 is 1.54 bits per heavy atom. The van der Waals surface area contributed by atoms with Gasteiger partial charge in [0.05, 0.1) is 25.3 Å². The van der Waals surface area contributed by atoms with Gasteiger partial charge >= 0.3 is 0 Å². The SMILES string of the molecule is Cl.NC(Cn1cccn1)C(O)CO. The molecule has 0 spiro atoms. The third kappa shape index (κ3) is 3.73. The molecule has 2 unspecified atom stereocenters. The van der Waals surface area contributed by atoms with Crippen LogP contribution < -0.4 is 5.73 Å². The lowest BCUT2D eigenvalue weighted by Gasteiger charge is -2.15. The summed E-state index contributed by atoms with van der Waals surface area (Å²) in [6.07, 6.45) is 2.51. The molecule has 0 saturated heterocycles. The summed E-state index contributed by atoms with van der Waals surface area (Å²) in [4.78, 5) is 0. The van der Waals surface area contributed by atoms with Crippen molar-refractivity contribution in [2.45, 2.75) is 18.7 Å². The first-order chi connectivity index (χ1) is 5.74. The second-order valence-corrected chi connectivity index (χ2v) is 2.64. The van der Waals surface area contributed by atoms with E-state index >= 15 is 0 Å². The highest BCUT2D eigenvalue weighted by Crippen LogP contribution is 1.93. The van der Waals surface area contributed by atoms with E-state index in [-0.39, 0.29) is 19.0 Å². The van der Waals surface area contributed by atoms with Crippen LogP contribution in [0.1, 0.15) is 0 Å². The van der Waals surface area contributed by atoms with E-state index in [1.807, 2.05) is 0 Å². The molecule has 0 aliphatic rings. The first-order valence-corrected chi connectivity index (χ1v) is 3.76. The fraction of sp³-hybridized carbons (Fsp3) is 0.571. The zero-order valence-corrected chi connectivity index (χ0v) is 7.89. The lowest BCUT2D eigenvalue weighted by atomic mass is 10.2. The fourth-order valence-corrected chi connectivity index (χ4v) is 0.882. The number of aliphatic hydroxyl groups excluding tert-OH is 2. The van der Waals surface area contributed by atoms with Crippen molar-refractivity contribution in [2.24, 2.45) is 5.73 Å². The summed E-state index contributed by atoms with van der Waals surface area (Å²) in [5, 5.41) is 21.6. The summed E-state index contributed by atoms with van der Waals surface area (Å²) in [6.45, 7) is 0.0944. The van der Waals surface area contributed by atoms with Crippen molar-refractivity contribution in [3.63, 3.8) is 0 Å². The van der Waals surface area contributed by atoms with Crippen molar-refractivity contribution in [3.8, 4) is 0 Å². The Morgan fingerprint density at radius 2 is 2.23 bits per heavy atom. The van der Waals surface area contributed by atoms with Crippen LogP contribution in [0.25, 0.3) is 0 Å². The number of hydrogen-bond donors (Lipinski definition) is 3. The molecule has 1 rings (SSSR count). The maximum atomic E-state index is 9.11. The number of nitrogens with zero attached hydrogens (tertiary/aromatic N) is 2. The maximum Gasteiger partial charge on any atom is 0.0939 e. The molecule has 1 aromatic rings. The van der Waals surface area contributed by atoms with Gasteiger partial charge < -0.3 is 15.9 Å². The van der Waals surface area contributed by atoms with Gasteiger partial charge in [0, 0.05) is 12.4 Å². The van der Waals surface area contributed by atoms with E-state index in [1.165, 1.54) is 0 Å². The molecule has 2 atom stereocenters. The summed E-state index contributed by atoms with van der Waals surface area (Å²) >= 11 is 0. The summed E-state index contributed by atoms with van der Waals surface area (Å²) < 4.78 is 1.61. The van der Waals surface area contributed by atoms with E-state index in [2.05, 4.69) is 5.10 Å². The lowest BCUT2D eigenvalue weighted by molar-refractivity contribution is 0.0683. The number of aromatic nitrogens is 2. The smallest absolute Gasteiger partial charge is 0.0939 e. The summed E-state index contributed by atoms with van der Waals surface area (Å²) in [5.74, 6) is 0. The molecule has 1 aromatic heterocycles. The molecular formula is C7H14ClN3O2. The minimum atomic E-state index is -0.880. The number of halogens is 1. The Hall–Kier alpha value is -0.620. The molecule has 0 radical (unpaired) electrons. The third-order valence-corrected chi connectivity index (χ3v) is 1.64. The zero-order valence-electron chi connectivity index (χ0n) is 7.08. The van der Waals surface area contributed by atoms with Crippen LogP contribution in [0.4, 0.5) is 0 Å². The van der Waals surface area contributed by atoms with Gasteiger partial charge in [-0.15, -0.1) is 12.4 Å². The second kappa shape index (κ2) is 5.93. The molecule has 13 heavy (non-hydrogen) atoms. The molecule has 1 heterocycles. The van der Waals surface area contributed by atoms with E-state index in [0.717, 1.165) is 0 Å². The summed E-state index contributed by atoms with van der Waals surface area (Å²) in [5.41, 5.74) is 5.55. The van der Waals surface area contributed by atoms with Gasteiger partial charge in [-0.25, -0.2) is 0 Å². The number of rotatable bonds is 4. The molecule has 0 bridgehead atoms. The van der Waals surface area contributed by atoms with Gasteiger partial charge in [0.2, 0.25) is 0 Å². The molecule has 76 valence electrons. The van der Waals surface area contributed by atoms with Gasteiger partial charge in [-0.05, 0) is 6.07 Å². The average molecular weight is 208 g/mol. The summed E-state index contributed by atoms with van der Waals surface area (Å²) in [6, 6.07) is 1.30. The van der Waals surface area contributed by atoms with Gasteiger partial charge in [-0.3, -0.25) is 4.68 Å².